The predicted octanol–water partition coefficient (Wildman–Crippen LogP) is 5.29. The Morgan fingerprint density at radius 1 is 1.04 bits per heavy atom. The average molecular weight is 358 g/mol. The summed E-state index contributed by atoms with van der Waals surface area (Å²) in [4.78, 5) is 16.5. The lowest BCUT2D eigenvalue weighted by Crippen LogP contribution is -1.99. The first-order valence-electron chi connectivity index (χ1n) is 8.84. The van der Waals surface area contributed by atoms with E-state index in [1.807, 2.05) is 29.7 Å². The molecule has 26 heavy (non-hydrogen) atoms. The number of benzene rings is 1. The van der Waals surface area contributed by atoms with Gasteiger partial charge in [0.2, 0.25) is 0 Å². The number of aromatic nitrogens is 3. The van der Waals surface area contributed by atoms with Crippen molar-refractivity contribution in [2.24, 2.45) is 0 Å². The minimum absolute atomic E-state index is 0.722. The highest BCUT2D eigenvalue weighted by atomic mass is 32.1. The predicted molar refractivity (Wildman–Crippen MR) is 107 cm³/mol. The molecule has 0 bridgehead atoms. The largest absolute Gasteiger partial charge is 0.340 e. The van der Waals surface area contributed by atoms with E-state index in [0.29, 0.717) is 0 Å². The fourth-order valence-corrected chi connectivity index (χ4v) is 4.75. The number of hydrogen-bond donors (Lipinski definition) is 1. The van der Waals surface area contributed by atoms with E-state index in [2.05, 4.69) is 41.5 Å². The molecule has 1 aliphatic carbocycles. The zero-order valence-electron chi connectivity index (χ0n) is 14.5. The number of anilines is 2. The molecule has 1 N–H and O–H groups in total. The second-order valence-corrected chi connectivity index (χ2v) is 7.75. The van der Waals surface area contributed by atoms with Crippen LogP contribution in [-0.2, 0) is 12.8 Å². The van der Waals surface area contributed by atoms with Gasteiger partial charge in [-0.3, -0.25) is 4.98 Å². The van der Waals surface area contributed by atoms with Gasteiger partial charge in [0, 0.05) is 28.5 Å². The van der Waals surface area contributed by atoms with Crippen molar-refractivity contribution in [3.63, 3.8) is 0 Å². The summed E-state index contributed by atoms with van der Waals surface area (Å²) in [5.41, 5.74) is 4.66. The summed E-state index contributed by atoms with van der Waals surface area (Å²) < 4.78 is 0. The van der Waals surface area contributed by atoms with Crippen molar-refractivity contribution in [3.05, 3.63) is 64.8 Å². The molecule has 0 amide bonds. The van der Waals surface area contributed by atoms with E-state index in [1.165, 1.54) is 27.8 Å². The molecular weight excluding hydrogens is 340 g/mol. The normalized spacial score (nSPS) is 13.1. The van der Waals surface area contributed by atoms with E-state index >= 15 is 0 Å². The molecule has 1 aliphatic rings. The monoisotopic (exact) mass is 358 g/mol. The van der Waals surface area contributed by atoms with Crippen LogP contribution in [0.25, 0.3) is 21.6 Å². The Labute approximate surface area is 156 Å². The van der Waals surface area contributed by atoms with Crippen LogP contribution >= 0.6 is 11.3 Å². The smallest absolute Gasteiger partial charge is 0.164 e. The van der Waals surface area contributed by atoms with Gasteiger partial charge in [-0.25, -0.2) is 9.97 Å². The number of pyridine rings is 1. The van der Waals surface area contributed by atoms with Crippen molar-refractivity contribution in [1.82, 2.24) is 15.0 Å². The number of thiophene rings is 1. The second kappa shape index (κ2) is 6.18. The Kier molecular flexibility index (Phi) is 3.68. The van der Waals surface area contributed by atoms with Gasteiger partial charge < -0.3 is 5.32 Å². The maximum absolute atomic E-state index is 4.88. The van der Waals surface area contributed by atoms with Gasteiger partial charge in [0.1, 0.15) is 10.6 Å². The van der Waals surface area contributed by atoms with E-state index in [4.69, 9.17) is 9.97 Å². The molecule has 0 atom stereocenters. The zero-order valence-corrected chi connectivity index (χ0v) is 15.3. The first-order valence-corrected chi connectivity index (χ1v) is 9.66. The lowest BCUT2D eigenvalue weighted by Gasteiger charge is -2.10. The molecule has 1 aromatic carbocycles. The van der Waals surface area contributed by atoms with E-state index in [9.17, 15) is 0 Å². The van der Waals surface area contributed by atoms with Gasteiger partial charge in [0.05, 0.1) is 5.39 Å². The van der Waals surface area contributed by atoms with Crippen molar-refractivity contribution >= 4 is 33.1 Å². The fraction of sp³-hybridized carbons (Fsp3) is 0.190. The van der Waals surface area contributed by atoms with Crippen molar-refractivity contribution in [2.45, 2.75) is 26.2 Å². The lowest BCUT2D eigenvalue weighted by molar-refractivity contribution is 0.917. The summed E-state index contributed by atoms with van der Waals surface area (Å²) in [5.74, 6) is 1.62. The Hall–Kier alpha value is -2.79. The summed E-state index contributed by atoms with van der Waals surface area (Å²) in [6, 6.07) is 12.3. The van der Waals surface area contributed by atoms with Crippen LogP contribution in [0, 0.1) is 6.92 Å². The molecule has 5 heteroatoms. The van der Waals surface area contributed by atoms with Gasteiger partial charge >= 0.3 is 0 Å². The maximum Gasteiger partial charge on any atom is 0.164 e. The molecule has 128 valence electrons. The average Bonchev–Trinajstić information content (AvgIpc) is 3.25. The topological polar surface area (TPSA) is 50.7 Å². The molecule has 0 unspecified atom stereocenters. The summed E-state index contributed by atoms with van der Waals surface area (Å²) >= 11 is 1.81. The third kappa shape index (κ3) is 2.65. The lowest BCUT2D eigenvalue weighted by atomic mass is 10.1. The van der Waals surface area contributed by atoms with E-state index in [-0.39, 0.29) is 0 Å². The highest BCUT2D eigenvalue weighted by Gasteiger charge is 2.22. The van der Waals surface area contributed by atoms with Crippen LogP contribution < -0.4 is 5.32 Å². The fourth-order valence-electron chi connectivity index (χ4n) is 3.48. The molecule has 4 nitrogen and oxygen atoms in total. The minimum Gasteiger partial charge on any atom is -0.340 e. The molecule has 0 spiro atoms. The highest BCUT2D eigenvalue weighted by Crippen LogP contribution is 2.41. The number of hydrogen-bond acceptors (Lipinski definition) is 5. The number of nitrogens with zero attached hydrogens (tertiary/aromatic N) is 3. The molecule has 0 aliphatic heterocycles. The summed E-state index contributed by atoms with van der Waals surface area (Å²) in [7, 11) is 0. The van der Waals surface area contributed by atoms with Crippen LogP contribution in [0.1, 0.15) is 22.4 Å². The standard InChI is InChI=1S/C21H18N4S/c1-13-7-9-15(10-8-13)23-20-18-16-5-2-6-17(16)26-21(18)25-19(24-20)14-4-3-11-22-12-14/h3-4,7-12H,2,5-6H2,1H3,(H,23,24,25). The van der Waals surface area contributed by atoms with E-state index in [0.717, 1.165) is 40.6 Å². The van der Waals surface area contributed by atoms with E-state index < -0.39 is 0 Å². The molecule has 0 radical (unpaired) electrons. The third-order valence-electron chi connectivity index (χ3n) is 4.80. The Morgan fingerprint density at radius 3 is 2.73 bits per heavy atom. The van der Waals surface area contributed by atoms with Crippen molar-refractivity contribution in [2.75, 3.05) is 5.32 Å². The molecule has 0 saturated heterocycles. The molecular formula is C21H18N4S. The van der Waals surface area contributed by atoms with Gasteiger partial charge in [-0.1, -0.05) is 17.7 Å². The quantitative estimate of drug-likeness (QED) is 0.540. The summed E-state index contributed by atoms with van der Waals surface area (Å²) in [5, 5.41) is 4.73. The van der Waals surface area contributed by atoms with E-state index in [1.54, 1.807) is 6.20 Å². The van der Waals surface area contributed by atoms with Gasteiger partial charge in [0.25, 0.3) is 0 Å². The van der Waals surface area contributed by atoms with Crippen molar-refractivity contribution in [1.29, 1.82) is 0 Å². The van der Waals surface area contributed by atoms with Crippen LogP contribution in [-0.4, -0.2) is 15.0 Å². The van der Waals surface area contributed by atoms with Crippen LogP contribution in [0.4, 0.5) is 11.5 Å². The van der Waals surface area contributed by atoms with Gasteiger partial charge in [-0.05, 0) is 56.0 Å². The first-order chi connectivity index (χ1) is 12.8. The van der Waals surface area contributed by atoms with Crippen molar-refractivity contribution < 1.29 is 0 Å². The van der Waals surface area contributed by atoms with Gasteiger partial charge in [-0.15, -0.1) is 11.3 Å². The molecule has 4 aromatic rings. The highest BCUT2D eigenvalue weighted by molar-refractivity contribution is 7.19. The second-order valence-electron chi connectivity index (χ2n) is 6.67. The Balaban J connectivity index is 1.69. The van der Waals surface area contributed by atoms with Crippen LogP contribution in [0.15, 0.2) is 48.8 Å². The zero-order chi connectivity index (χ0) is 17.5. The number of nitrogens with one attached hydrogen (secondary N) is 1. The number of aryl methyl sites for hydroxylation is 3. The van der Waals surface area contributed by atoms with Crippen LogP contribution in [0.3, 0.4) is 0 Å². The molecule has 0 fully saturated rings. The Bertz CT molecular complexity index is 1080. The first kappa shape index (κ1) is 15.5. The Morgan fingerprint density at radius 2 is 1.92 bits per heavy atom. The summed E-state index contributed by atoms with van der Waals surface area (Å²) in [6.45, 7) is 2.10. The van der Waals surface area contributed by atoms with Crippen LogP contribution in [0.2, 0.25) is 0 Å². The minimum atomic E-state index is 0.722. The molecule has 0 saturated carbocycles. The van der Waals surface area contributed by atoms with Gasteiger partial charge in [0.15, 0.2) is 5.82 Å². The van der Waals surface area contributed by atoms with Crippen molar-refractivity contribution in [3.8, 4) is 11.4 Å². The summed E-state index contributed by atoms with van der Waals surface area (Å²) in [6.07, 6.45) is 7.09. The molecule has 3 heterocycles. The molecule has 5 rings (SSSR count). The van der Waals surface area contributed by atoms with Gasteiger partial charge in [-0.2, -0.15) is 0 Å². The maximum atomic E-state index is 4.88. The third-order valence-corrected chi connectivity index (χ3v) is 5.98. The number of rotatable bonds is 3. The van der Waals surface area contributed by atoms with Crippen LogP contribution in [0.5, 0.6) is 0 Å². The molecule has 3 aromatic heterocycles. The number of fused-ring (bicyclic) bond motifs is 3. The SMILES string of the molecule is Cc1ccc(Nc2nc(-c3cccnc3)nc3sc4c(c23)CCC4)cc1.